The molecular formula is C13H16N4S. The van der Waals surface area contributed by atoms with Crippen molar-refractivity contribution >= 4 is 23.0 Å². The Kier molecular flexibility index (Phi) is 3.15. The van der Waals surface area contributed by atoms with Crippen LogP contribution in [0.2, 0.25) is 0 Å². The van der Waals surface area contributed by atoms with E-state index >= 15 is 0 Å². The van der Waals surface area contributed by atoms with Crippen molar-refractivity contribution in [1.82, 2.24) is 9.97 Å². The molecule has 94 valence electrons. The van der Waals surface area contributed by atoms with Gasteiger partial charge in [-0.25, -0.2) is 9.97 Å². The van der Waals surface area contributed by atoms with Crippen LogP contribution in [0, 0.1) is 0 Å². The number of rotatable bonds is 3. The van der Waals surface area contributed by atoms with Gasteiger partial charge in [0.25, 0.3) is 0 Å². The fraction of sp³-hybridized carbons (Fsp3) is 0.385. The van der Waals surface area contributed by atoms with E-state index in [4.69, 9.17) is 0 Å². The number of anilines is 2. The van der Waals surface area contributed by atoms with Crippen LogP contribution in [0.5, 0.6) is 0 Å². The molecule has 1 aliphatic carbocycles. The van der Waals surface area contributed by atoms with Crippen LogP contribution in [0.15, 0.2) is 23.8 Å². The first kappa shape index (κ1) is 11.5. The topological polar surface area (TPSA) is 49.8 Å². The van der Waals surface area contributed by atoms with Crippen LogP contribution in [-0.2, 0) is 6.42 Å². The minimum Gasteiger partial charge on any atom is -0.373 e. The highest BCUT2D eigenvalue weighted by atomic mass is 32.1. The van der Waals surface area contributed by atoms with E-state index in [1.54, 1.807) is 6.33 Å². The van der Waals surface area contributed by atoms with Gasteiger partial charge in [-0.05, 0) is 36.3 Å². The molecule has 1 aliphatic rings. The Labute approximate surface area is 110 Å². The standard InChI is InChI=1S/C13H16N4S/c1-14-12-7-13(16-8-15-12)17-10-3-2-4-11-9(10)5-6-18-11/h5-8,10H,2-4H2,1H3,(H2,14,15,16,17). The molecule has 5 heteroatoms. The third-order valence-electron chi connectivity index (χ3n) is 3.30. The van der Waals surface area contributed by atoms with E-state index < -0.39 is 0 Å². The van der Waals surface area contributed by atoms with Gasteiger partial charge in [0.15, 0.2) is 0 Å². The normalized spacial score (nSPS) is 18.2. The van der Waals surface area contributed by atoms with Crippen LogP contribution in [-0.4, -0.2) is 17.0 Å². The highest BCUT2D eigenvalue weighted by Gasteiger charge is 2.21. The largest absolute Gasteiger partial charge is 0.373 e. The van der Waals surface area contributed by atoms with Crippen LogP contribution < -0.4 is 10.6 Å². The Morgan fingerprint density at radius 3 is 3.11 bits per heavy atom. The van der Waals surface area contributed by atoms with Gasteiger partial charge >= 0.3 is 0 Å². The lowest BCUT2D eigenvalue weighted by Gasteiger charge is -2.24. The van der Waals surface area contributed by atoms with Crippen LogP contribution in [0.3, 0.4) is 0 Å². The van der Waals surface area contributed by atoms with E-state index in [-0.39, 0.29) is 0 Å². The molecule has 0 aromatic carbocycles. The fourth-order valence-corrected chi connectivity index (χ4v) is 3.38. The van der Waals surface area contributed by atoms with Gasteiger partial charge in [0, 0.05) is 18.0 Å². The summed E-state index contributed by atoms with van der Waals surface area (Å²) in [7, 11) is 1.86. The molecule has 0 amide bonds. The van der Waals surface area contributed by atoms with Gasteiger partial charge in [0.05, 0.1) is 6.04 Å². The minimum absolute atomic E-state index is 0.389. The molecule has 1 unspecified atom stereocenters. The highest BCUT2D eigenvalue weighted by Crippen LogP contribution is 2.35. The van der Waals surface area contributed by atoms with Gasteiger partial charge in [-0.15, -0.1) is 11.3 Å². The Balaban J connectivity index is 1.81. The zero-order valence-corrected chi connectivity index (χ0v) is 11.1. The molecule has 0 spiro atoms. The van der Waals surface area contributed by atoms with Gasteiger partial charge < -0.3 is 10.6 Å². The molecule has 3 rings (SSSR count). The zero-order valence-electron chi connectivity index (χ0n) is 10.3. The van der Waals surface area contributed by atoms with Crippen LogP contribution >= 0.6 is 11.3 Å². The van der Waals surface area contributed by atoms with Crippen molar-refractivity contribution in [2.45, 2.75) is 25.3 Å². The number of hydrogen-bond acceptors (Lipinski definition) is 5. The van der Waals surface area contributed by atoms with E-state index in [9.17, 15) is 0 Å². The highest BCUT2D eigenvalue weighted by molar-refractivity contribution is 7.10. The average Bonchev–Trinajstić information content (AvgIpc) is 2.88. The van der Waals surface area contributed by atoms with Crippen molar-refractivity contribution in [3.05, 3.63) is 34.3 Å². The van der Waals surface area contributed by atoms with Crippen molar-refractivity contribution in [2.24, 2.45) is 0 Å². The van der Waals surface area contributed by atoms with Crippen molar-refractivity contribution in [2.75, 3.05) is 17.7 Å². The number of aromatic nitrogens is 2. The Hall–Kier alpha value is -1.62. The summed E-state index contributed by atoms with van der Waals surface area (Å²) < 4.78 is 0. The summed E-state index contributed by atoms with van der Waals surface area (Å²) in [5.41, 5.74) is 1.44. The lowest BCUT2D eigenvalue weighted by atomic mass is 9.94. The lowest BCUT2D eigenvalue weighted by molar-refractivity contribution is 0.607. The molecule has 2 heterocycles. The summed E-state index contributed by atoms with van der Waals surface area (Å²) in [5, 5.41) is 8.73. The summed E-state index contributed by atoms with van der Waals surface area (Å²) in [6.45, 7) is 0. The van der Waals surface area contributed by atoms with Gasteiger partial charge in [0.1, 0.15) is 18.0 Å². The maximum atomic E-state index is 4.28. The molecular weight excluding hydrogens is 244 g/mol. The molecule has 0 saturated heterocycles. The first-order valence-electron chi connectivity index (χ1n) is 6.19. The molecule has 0 aliphatic heterocycles. The third-order valence-corrected chi connectivity index (χ3v) is 4.29. The smallest absolute Gasteiger partial charge is 0.131 e. The first-order chi connectivity index (χ1) is 8.86. The number of fused-ring (bicyclic) bond motifs is 1. The number of nitrogens with zero attached hydrogens (tertiary/aromatic N) is 2. The second kappa shape index (κ2) is 4.94. The third kappa shape index (κ3) is 2.18. The van der Waals surface area contributed by atoms with E-state index in [0.29, 0.717) is 6.04 Å². The second-order valence-corrected chi connectivity index (χ2v) is 5.43. The molecule has 2 N–H and O–H groups in total. The van der Waals surface area contributed by atoms with Gasteiger partial charge in [-0.1, -0.05) is 0 Å². The van der Waals surface area contributed by atoms with E-state index in [0.717, 1.165) is 11.6 Å². The van der Waals surface area contributed by atoms with Crippen molar-refractivity contribution in [3.8, 4) is 0 Å². The fourth-order valence-electron chi connectivity index (χ4n) is 2.39. The summed E-state index contributed by atoms with van der Waals surface area (Å²) >= 11 is 1.86. The van der Waals surface area contributed by atoms with Crippen molar-refractivity contribution in [1.29, 1.82) is 0 Å². The summed E-state index contributed by atoms with van der Waals surface area (Å²) in [5.74, 6) is 1.73. The predicted molar refractivity (Wildman–Crippen MR) is 75.2 cm³/mol. The van der Waals surface area contributed by atoms with Crippen LogP contribution in [0.25, 0.3) is 0 Å². The predicted octanol–water partition coefficient (Wildman–Crippen LogP) is 3.07. The minimum atomic E-state index is 0.389. The Morgan fingerprint density at radius 1 is 1.33 bits per heavy atom. The van der Waals surface area contributed by atoms with Gasteiger partial charge in [-0.3, -0.25) is 0 Å². The molecule has 0 saturated carbocycles. The van der Waals surface area contributed by atoms with E-state index in [1.165, 1.54) is 29.7 Å². The first-order valence-corrected chi connectivity index (χ1v) is 7.07. The molecule has 0 fully saturated rings. The molecule has 18 heavy (non-hydrogen) atoms. The number of thiophene rings is 1. The maximum absolute atomic E-state index is 4.28. The van der Waals surface area contributed by atoms with E-state index in [2.05, 4.69) is 32.0 Å². The quantitative estimate of drug-likeness (QED) is 0.890. The Bertz CT molecular complexity index is 537. The van der Waals surface area contributed by atoms with Crippen LogP contribution in [0.1, 0.15) is 29.3 Å². The van der Waals surface area contributed by atoms with Crippen LogP contribution in [0.4, 0.5) is 11.6 Å². The molecule has 0 radical (unpaired) electrons. The molecule has 2 aromatic heterocycles. The van der Waals surface area contributed by atoms with Gasteiger partial charge in [0.2, 0.25) is 0 Å². The summed E-state index contributed by atoms with van der Waals surface area (Å²) in [6.07, 6.45) is 5.22. The lowest BCUT2D eigenvalue weighted by Crippen LogP contribution is -2.16. The zero-order chi connectivity index (χ0) is 12.4. The number of nitrogens with one attached hydrogen (secondary N) is 2. The number of aryl methyl sites for hydroxylation is 1. The SMILES string of the molecule is CNc1cc(NC2CCCc3sccc32)ncn1. The summed E-state index contributed by atoms with van der Waals surface area (Å²) in [6, 6.07) is 4.57. The van der Waals surface area contributed by atoms with Crippen molar-refractivity contribution in [3.63, 3.8) is 0 Å². The molecule has 1 atom stereocenters. The molecule has 4 nitrogen and oxygen atoms in total. The molecule has 0 bridgehead atoms. The maximum Gasteiger partial charge on any atom is 0.131 e. The van der Waals surface area contributed by atoms with Crippen molar-refractivity contribution < 1.29 is 0 Å². The summed E-state index contributed by atoms with van der Waals surface area (Å²) in [4.78, 5) is 9.92. The average molecular weight is 260 g/mol. The van der Waals surface area contributed by atoms with Gasteiger partial charge in [-0.2, -0.15) is 0 Å². The monoisotopic (exact) mass is 260 g/mol. The Morgan fingerprint density at radius 2 is 2.22 bits per heavy atom. The number of hydrogen-bond donors (Lipinski definition) is 2. The second-order valence-electron chi connectivity index (χ2n) is 4.43. The van der Waals surface area contributed by atoms with E-state index in [1.807, 2.05) is 24.5 Å². The molecule has 2 aromatic rings.